The van der Waals surface area contributed by atoms with E-state index in [-0.39, 0.29) is 11.7 Å². The van der Waals surface area contributed by atoms with E-state index in [0.717, 1.165) is 42.5 Å². The minimum atomic E-state index is 0.167. The van der Waals surface area contributed by atoms with Crippen molar-refractivity contribution in [2.45, 2.75) is 32.7 Å². The van der Waals surface area contributed by atoms with Crippen LogP contribution in [0.5, 0.6) is 0 Å². The number of nitrogens with zero attached hydrogens (tertiary/aromatic N) is 2. The SMILES string of the molecule is CC(C)n1cnc2cc(C(=O)C3CCNCC3)ccc21. The lowest BCUT2D eigenvalue weighted by molar-refractivity contribution is 0.0895. The predicted octanol–water partition coefficient (Wildman–Crippen LogP) is 2.80. The smallest absolute Gasteiger partial charge is 0.166 e. The van der Waals surface area contributed by atoms with E-state index in [1.165, 1.54) is 0 Å². The maximum absolute atomic E-state index is 12.5. The van der Waals surface area contributed by atoms with Gasteiger partial charge in [0.05, 0.1) is 17.4 Å². The number of benzene rings is 1. The molecule has 106 valence electrons. The van der Waals surface area contributed by atoms with E-state index in [4.69, 9.17) is 0 Å². The van der Waals surface area contributed by atoms with Crippen LogP contribution in [0.4, 0.5) is 0 Å². The first kappa shape index (κ1) is 13.3. The van der Waals surface area contributed by atoms with Crippen LogP contribution in [0.1, 0.15) is 43.1 Å². The molecule has 0 aliphatic carbocycles. The van der Waals surface area contributed by atoms with Gasteiger partial charge in [-0.25, -0.2) is 4.98 Å². The van der Waals surface area contributed by atoms with E-state index in [1.807, 2.05) is 24.5 Å². The lowest BCUT2D eigenvalue weighted by Gasteiger charge is -2.21. The number of carbonyl (C=O) groups excluding carboxylic acids is 1. The summed E-state index contributed by atoms with van der Waals surface area (Å²) in [6.45, 7) is 6.16. The lowest BCUT2D eigenvalue weighted by Crippen LogP contribution is -2.31. The third kappa shape index (κ3) is 2.36. The Labute approximate surface area is 119 Å². The highest BCUT2D eigenvalue weighted by Gasteiger charge is 2.22. The maximum atomic E-state index is 12.5. The molecule has 1 N–H and O–H groups in total. The van der Waals surface area contributed by atoms with Gasteiger partial charge in [-0.15, -0.1) is 0 Å². The van der Waals surface area contributed by atoms with Gasteiger partial charge in [-0.1, -0.05) is 0 Å². The van der Waals surface area contributed by atoms with Crippen LogP contribution in [0.15, 0.2) is 24.5 Å². The second-order valence-corrected chi connectivity index (χ2v) is 5.84. The first-order valence-corrected chi connectivity index (χ1v) is 7.38. The molecule has 1 fully saturated rings. The van der Waals surface area contributed by atoms with Crippen molar-refractivity contribution in [3.8, 4) is 0 Å². The zero-order valence-electron chi connectivity index (χ0n) is 12.1. The maximum Gasteiger partial charge on any atom is 0.166 e. The Morgan fingerprint density at radius 1 is 1.35 bits per heavy atom. The van der Waals surface area contributed by atoms with Crippen LogP contribution in [0.3, 0.4) is 0 Å². The predicted molar refractivity (Wildman–Crippen MR) is 80.0 cm³/mol. The Bertz CT molecular complexity index is 624. The third-order valence-electron chi connectivity index (χ3n) is 4.13. The van der Waals surface area contributed by atoms with Gasteiger partial charge in [-0.05, 0) is 58.0 Å². The van der Waals surface area contributed by atoms with Gasteiger partial charge in [0.15, 0.2) is 5.78 Å². The van der Waals surface area contributed by atoms with Crippen molar-refractivity contribution in [2.75, 3.05) is 13.1 Å². The van der Waals surface area contributed by atoms with Crippen LogP contribution in [0.25, 0.3) is 11.0 Å². The fourth-order valence-electron chi connectivity index (χ4n) is 2.92. The van der Waals surface area contributed by atoms with Crippen molar-refractivity contribution >= 4 is 16.8 Å². The summed E-state index contributed by atoms with van der Waals surface area (Å²) in [5, 5.41) is 3.30. The highest BCUT2D eigenvalue weighted by Crippen LogP contribution is 2.23. The molecule has 1 aliphatic heterocycles. The molecule has 3 rings (SSSR count). The Balaban J connectivity index is 1.91. The average Bonchev–Trinajstić information content (AvgIpc) is 2.90. The van der Waals surface area contributed by atoms with Crippen molar-refractivity contribution in [2.24, 2.45) is 5.92 Å². The molecule has 1 aromatic heterocycles. The summed E-state index contributed by atoms with van der Waals surface area (Å²) < 4.78 is 2.13. The minimum Gasteiger partial charge on any atom is -0.328 e. The molecule has 1 saturated heterocycles. The third-order valence-corrected chi connectivity index (χ3v) is 4.13. The normalized spacial score (nSPS) is 16.9. The first-order valence-electron chi connectivity index (χ1n) is 7.38. The Morgan fingerprint density at radius 2 is 2.10 bits per heavy atom. The molecule has 20 heavy (non-hydrogen) atoms. The number of carbonyl (C=O) groups is 1. The van der Waals surface area contributed by atoms with Gasteiger partial charge in [-0.3, -0.25) is 4.79 Å². The van der Waals surface area contributed by atoms with Crippen LogP contribution in [0.2, 0.25) is 0 Å². The second kappa shape index (κ2) is 5.37. The minimum absolute atomic E-state index is 0.167. The van der Waals surface area contributed by atoms with E-state index >= 15 is 0 Å². The van der Waals surface area contributed by atoms with Gasteiger partial charge in [0.1, 0.15) is 0 Å². The molecule has 0 saturated carbocycles. The lowest BCUT2D eigenvalue weighted by atomic mass is 9.89. The molecule has 0 unspecified atom stereocenters. The quantitative estimate of drug-likeness (QED) is 0.873. The number of aromatic nitrogens is 2. The van der Waals surface area contributed by atoms with Crippen LogP contribution in [-0.4, -0.2) is 28.4 Å². The van der Waals surface area contributed by atoms with Crippen LogP contribution in [-0.2, 0) is 0 Å². The zero-order chi connectivity index (χ0) is 14.1. The van der Waals surface area contributed by atoms with Gasteiger partial charge in [0, 0.05) is 17.5 Å². The highest BCUT2D eigenvalue weighted by atomic mass is 16.1. The monoisotopic (exact) mass is 271 g/mol. The average molecular weight is 271 g/mol. The molecule has 0 atom stereocenters. The van der Waals surface area contributed by atoms with E-state index in [9.17, 15) is 4.79 Å². The summed E-state index contributed by atoms with van der Waals surface area (Å²) in [6, 6.07) is 6.30. The first-order chi connectivity index (χ1) is 9.66. The van der Waals surface area contributed by atoms with E-state index in [1.54, 1.807) is 0 Å². The zero-order valence-corrected chi connectivity index (χ0v) is 12.1. The summed E-state index contributed by atoms with van der Waals surface area (Å²) in [7, 11) is 0. The van der Waals surface area contributed by atoms with Crippen LogP contribution < -0.4 is 5.32 Å². The van der Waals surface area contributed by atoms with E-state index in [0.29, 0.717) is 6.04 Å². The summed E-state index contributed by atoms with van der Waals surface area (Å²) in [5.74, 6) is 0.438. The molecule has 2 heterocycles. The van der Waals surface area contributed by atoms with Gasteiger partial charge >= 0.3 is 0 Å². The topological polar surface area (TPSA) is 46.9 Å². The van der Waals surface area contributed by atoms with Gasteiger partial charge < -0.3 is 9.88 Å². The number of Topliss-reactive ketones (excluding diaryl/α,β-unsaturated/α-hetero) is 1. The summed E-state index contributed by atoms with van der Waals surface area (Å²) in [6.07, 6.45) is 3.74. The number of hydrogen-bond donors (Lipinski definition) is 1. The molecule has 4 nitrogen and oxygen atoms in total. The van der Waals surface area contributed by atoms with E-state index < -0.39 is 0 Å². The van der Waals surface area contributed by atoms with Crippen molar-refractivity contribution in [1.29, 1.82) is 0 Å². The molecule has 0 spiro atoms. The Hall–Kier alpha value is -1.68. The molecule has 4 heteroatoms. The number of rotatable bonds is 3. The Kier molecular flexibility index (Phi) is 3.57. The molecule has 1 aromatic carbocycles. The van der Waals surface area contributed by atoms with Gasteiger partial charge in [-0.2, -0.15) is 0 Å². The van der Waals surface area contributed by atoms with Crippen molar-refractivity contribution < 1.29 is 4.79 Å². The summed E-state index contributed by atoms with van der Waals surface area (Å²) in [5.41, 5.74) is 2.82. The fourth-order valence-corrected chi connectivity index (χ4v) is 2.92. The number of hydrogen-bond acceptors (Lipinski definition) is 3. The molecular formula is C16H21N3O. The molecule has 0 amide bonds. The van der Waals surface area contributed by atoms with Crippen molar-refractivity contribution in [1.82, 2.24) is 14.9 Å². The van der Waals surface area contributed by atoms with Crippen molar-refractivity contribution in [3.63, 3.8) is 0 Å². The van der Waals surface area contributed by atoms with E-state index in [2.05, 4.69) is 28.7 Å². The number of piperidine rings is 1. The molecule has 2 aromatic rings. The second-order valence-electron chi connectivity index (χ2n) is 5.84. The van der Waals surface area contributed by atoms with Gasteiger partial charge in [0.2, 0.25) is 0 Å². The number of ketones is 1. The number of imidazole rings is 1. The highest BCUT2D eigenvalue weighted by molar-refractivity contribution is 6.00. The molecule has 0 radical (unpaired) electrons. The van der Waals surface area contributed by atoms with Crippen molar-refractivity contribution in [3.05, 3.63) is 30.1 Å². The summed E-state index contributed by atoms with van der Waals surface area (Å²) >= 11 is 0. The Morgan fingerprint density at radius 3 is 2.80 bits per heavy atom. The summed E-state index contributed by atoms with van der Waals surface area (Å²) in [4.78, 5) is 16.9. The molecule has 1 aliphatic rings. The number of nitrogens with one attached hydrogen (secondary N) is 1. The molecular weight excluding hydrogens is 250 g/mol. The standard InChI is InChI=1S/C16H21N3O/c1-11(2)19-10-18-14-9-13(3-4-15(14)19)16(20)12-5-7-17-8-6-12/h3-4,9-12,17H,5-8H2,1-2H3. The van der Waals surface area contributed by atoms with Crippen LogP contribution in [0, 0.1) is 5.92 Å². The number of fused-ring (bicyclic) bond motifs is 1. The van der Waals surface area contributed by atoms with Crippen LogP contribution >= 0.6 is 0 Å². The largest absolute Gasteiger partial charge is 0.328 e. The molecule has 0 bridgehead atoms. The van der Waals surface area contributed by atoms with Gasteiger partial charge in [0.25, 0.3) is 0 Å². The fraction of sp³-hybridized carbons (Fsp3) is 0.500.